The van der Waals surface area contributed by atoms with Crippen molar-refractivity contribution in [2.45, 2.75) is 0 Å². The van der Waals surface area contributed by atoms with Gasteiger partial charge in [-0.15, -0.1) is 0 Å². The molecule has 0 aliphatic rings. The molecule has 3 aromatic carbocycles. The molecule has 9 nitrogen and oxygen atoms in total. The molecule has 0 radical (unpaired) electrons. The monoisotopic (exact) mass is 460 g/mol. The molecule has 0 aromatic heterocycles. The Labute approximate surface area is 195 Å². The number of nitro groups is 1. The second-order valence-corrected chi connectivity index (χ2v) is 6.84. The van der Waals surface area contributed by atoms with Gasteiger partial charge in [0.1, 0.15) is 0 Å². The van der Waals surface area contributed by atoms with Crippen LogP contribution in [-0.2, 0) is 0 Å². The van der Waals surface area contributed by atoms with Crippen LogP contribution in [0.1, 0.15) is 21.5 Å². The number of nitriles is 1. The van der Waals surface area contributed by atoms with Crippen molar-refractivity contribution in [1.29, 1.82) is 5.26 Å². The van der Waals surface area contributed by atoms with Crippen LogP contribution in [-0.4, -0.2) is 32.2 Å². The largest absolute Gasteiger partial charge is 0.493 e. The van der Waals surface area contributed by atoms with Crippen molar-refractivity contribution in [3.05, 3.63) is 87.5 Å². The molecular formula is C25H20N2O7. The van der Waals surface area contributed by atoms with E-state index in [1.807, 2.05) is 0 Å². The number of nitrogens with zero attached hydrogens (tertiary/aromatic N) is 2. The molecule has 0 spiro atoms. The predicted molar refractivity (Wildman–Crippen MR) is 124 cm³/mol. The number of allylic oxidation sites excluding steroid dienone is 1. The van der Waals surface area contributed by atoms with Gasteiger partial charge in [0.15, 0.2) is 23.0 Å². The number of methoxy groups -OCH3 is 3. The van der Waals surface area contributed by atoms with E-state index in [9.17, 15) is 20.2 Å². The van der Waals surface area contributed by atoms with Crippen molar-refractivity contribution in [3.8, 4) is 29.1 Å². The summed E-state index contributed by atoms with van der Waals surface area (Å²) in [7, 11) is 4.46. The third kappa shape index (κ3) is 5.31. The average molecular weight is 460 g/mol. The molecule has 172 valence electrons. The van der Waals surface area contributed by atoms with Crippen LogP contribution < -0.4 is 18.9 Å². The Balaban J connectivity index is 1.86. The second-order valence-electron chi connectivity index (χ2n) is 6.84. The number of non-ortho nitro benzene ring substituents is 1. The number of benzene rings is 3. The Morgan fingerprint density at radius 1 is 0.853 bits per heavy atom. The van der Waals surface area contributed by atoms with Crippen molar-refractivity contribution in [2.24, 2.45) is 0 Å². The number of rotatable bonds is 8. The van der Waals surface area contributed by atoms with Crippen molar-refractivity contribution < 1.29 is 28.7 Å². The van der Waals surface area contributed by atoms with Gasteiger partial charge in [-0.2, -0.15) is 5.26 Å². The first-order chi connectivity index (χ1) is 16.4. The number of hydrogen-bond donors (Lipinski definition) is 0. The highest BCUT2D eigenvalue weighted by Crippen LogP contribution is 2.33. The highest BCUT2D eigenvalue weighted by molar-refractivity contribution is 5.92. The SMILES string of the molecule is COc1ccc(/C(C#N)=C\c2ccc(OC(=O)c3ccc([N+](=O)[O-])cc3)c(OC)c2)cc1OC. The number of carbonyl (C=O) groups is 1. The van der Waals surface area contributed by atoms with E-state index >= 15 is 0 Å². The maximum Gasteiger partial charge on any atom is 0.343 e. The normalized spacial score (nSPS) is 10.7. The predicted octanol–water partition coefficient (Wildman–Crippen LogP) is 4.90. The minimum absolute atomic E-state index is 0.131. The minimum atomic E-state index is -0.695. The molecule has 0 fully saturated rings. The Morgan fingerprint density at radius 2 is 1.44 bits per heavy atom. The van der Waals surface area contributed by atoms with E-state index in [1.54, 1.807) is 36.4 Å². The maximum absolute atomic E-state index is 12.4. The van der Waals surface area contributed by atoms with Crippen molar-refractivity contribution in [2.75, 3.05) is 21.3 Å². The molecule has 0 N–H and O–H groups in total. The first-order valence-electron chi connectivity index (χ1n) is 9.89. The molecule has 0 bridgehead atoms. The molecule has 0 heterocycles. The van der Waals surface area contributed by atoms with E-state index in [4.69, 9.17) is 18.9 Å². The molecule has 34 heavy (non-hydrogen) atoms. The number of hydrogen-bond acceptors (Lipinski definition) is 8. The fourth-order valence-electron chi connectivity index (χ4n) is 3.09. The van der Waals surface area contributed by atoms with Crippen molar-refractivity contribution in [3.63, 3.8) is 0 Å². The number of carbonyl (C=O) groups excluding carboxylic acids is 1. The summed E-state index contributed by atoms with van der Waals surface area (Å²) in [4.78, 5) is 22.7. The lowest BCUT2D eigenvalue weighted by molar-refractivity contribution is -0.384. The lowest BCUT2D eigenvalue weighted by atomic mass is 10.0. The number of nitro benzene ring substituents is 1. The molecule has 0 amide bonds. The van der Waals surface area contributed by atoms with Gasteiger partial charge in [0.2, 0.25) is 0 Å². The minimum Gasteiger partial charge on any atom is -0.493 e. The van der Waals surface area contributed by atoms with Gasteiger partial charge < -0.3 is 18.9 Å². The first-order valence-corrected chi connectivity index (χ1v) is 9.89. The standard InChI is InChI=1S/C25H20N2O7/c1-31-21-11-7-18(14-24(21)33-3)19(15-26)12-16-4-10-22(23(13-16)32-2)34-25(28)17-5-8-20(9-6-17)27(29)30/h4-14H,1-3H3/b19-12-. The molecule has 0 unspecified atom stereocenters. The Morgan fingerprint density at radius 3 is 2.03 bits per heavy atom. The Hall–Kier alpha value is -4.84. The molecule has 0 aliphatic carbocycles. The smallest absolute Gasteiger partial charge is 0.343 e. The van der Waals surface area contributed by atoms with Crippen LogP contribution in [0, 0.1) is 21.4 Å². The van der Waals surface area contributed by atoms with E-state index in [1.165, 1.54) is 51.7 Å². The van der Waals surface area contributed by atoms with E-state index in [2.05, 4.69) is 6.07 Å². The van der Waals surface area contributed by atoms with Gasteiger partial charge in [-0.05, 0) is 59.7 Å². The molecule has 0 aliphatic heterocycles. The van der Waals surface area contributed by atoms with Gasteiger partial charge in [-0.3, -0.25) is 10.1 Å². The quantitative estimate of drug-likeness (QED) is 0.116. The van der Waals surface area contributed by atoms with Gasteiger partial charge in [-0.1, -0.05) is 6.07 Å². The summed E-state index contributed by atoms with van der Waals surface area (Å²) < 4.78 is 21.3. The molecule has 0 saturated carbocycles. The highest BCUT2D eigenvalue weighted by Gasteiger charge is 2.15. The lowest BCUT2D eigenvalue weighted by Gasteiger charge is -2.11. The molecule has 3 aromatic rings. The van der Waals surface area contributed by atoms with Gasteiger partial charge in [0.25, 0.3) is 5.69 Å². The summed E-state index contributed by atoms with van der Waals surface area (Å²) in [6.07, 6.45) is 1.66. The molecule has 0 saturated heterocycles. The average Bonchev–Trinajstić information content (AvgIpc) is 2.87. The van der Waals surface area contributed by atoms with Crippen LogP contribution >= 0.6 is 0 Å². The zero-order chi connectivity index (χ0) is 24.7. The fraction of sp³-hybridized carbons (Fsp3) is 0.120. The second kappa shape index (κ2) is 10.7. The van der Waals surface area contributed by atoms with Gasteiger partial charge in [0.05, 0.1) is 43.5 Å². The summed E-state index contributed by atoms with van der Waals surface area (Å²) in [6, 6.07) is 17.2. The van der Waals surface area contributed by atoms with Crippen LogP contribution in [0.5, 0.6) is 23.0 Å². The highest BCUT2D eigenvalue weighted by atomic mass is 16.6. The van der Waals surface area contributed by atoms with E-state index < -0.39 is 10.9 Å². The van der Waals surface area contributed by atoms with Crippen LogP contribution in [0.2, 0.25) is 0 Å². The summed E-state index contributed by atoms with van der Waals surface area (Å²) in [5, 5.41) is 20.5. The van der Waals surface area contributed by atoms with E-state index in [-0.39, 0.29) is 22.7 Å². The molecule has 3 rings (SSSR count). The van der Waals surface area contributed by atoms with Crippen LogP contribution in [0.4, 0.5) is 5.69 Å². The van der Waals surface area contributed by atoms with Crippen molar-refractivity contribution >= 4 is 23.3 Å². The third-order valence-corrected chi connectivity index (χ3v) is 4.83. The van der Waals surface area contributed by atoms with Crippen LogP contribution in [0.15, 0.2) is 60.7 Å². The van der Waals surface area contributed by atoms with Gasteiger partial charge in [-0.25, -0.2) is 4.79 Å². The molecule has 9 heteroatoms. The lowest BCUT2D eigenvalue weighted by Crippen LogP contribution is -2.09. The summed E-state index contributed by atoms with van der Waals surface area (Å²) in [6.45, 7) is 0. The first kappa shape index (κ1) is 23.8. The van der Waals surface area contributed by atoms with Crippen LogP contribution in [0.25, 0.3) is 11.6 Å². The maximum atomic E-state index is 12.4. The zero-order valence-electron chi connectivity index (χ0n) is 18.6. The van der Waals surface area contributed by atoms with Crippen molar-refractivity contribution in [1.82, 2.24) is 0 Å². The Kier molecular flexibility index (Phi) is 7.46. The fourth-order valence-corrected chi connectivity index (χ4v) is 3.09. The van der Waals surface area contributed by atoms with Gasteiger partial charge in [0, 0.05) is 12.1 Å². The number of ether oxygens (including phenoxy) is 4. The summed E-state index contributed by atoms with van der Waals surface area (Å²) >= 11 is 0. The van der Waals surface area contributed by atoms with Crippen LogP contribution in [0.3, 0.4) is 0 Å². The third-order valence-electron chi connectivity index (χ3n) is 4.83. The summed E-state index contributed by atoms with van der Waals surface area (Å²) in [5.74, 6) is 0.775. The topological polar surface area (TPSA) is 121 Å². The molecule has 0 atom stereocenters. The number of esters is 1. The zero-order valence-corrected chi connectivity index (χ0v) is 18.6. The Bertz CT molecular complexity index is 1290. The van der Waals surface area contributed by atoms with E-state index in [0.717, 1.165) is 0 Å². The summed E-state index contributed by atoms with van der Waals surface area (Å²) in [5.41, 5.74) is 1.66. The van der Waals surface area contributed by atoms with E-state index in [0.29, 0.717) is 28.2 Å². The van der Waals surface area contributed by atoms with Gasteiger partial charge >= 0.3 is 5.97 Å². The molecular weight excluding hydrogens is 440 g/mol.